The van der Waals surface area contributed by atoms with E-state index in [1.54, 1.807) is 11.1 Å². The number of fused-ring (bicyclic) bond motifs is 2. The molecule has 59 valence electrons. The molecule has 3 aliphatic carbocycles. The summed E-state index contributed by atoms with van der Waals surface area (Å²) in [5.74, 6) is 1.02. The molecule has 1 heteroatoms. The fourth-order valence-corrected chi connectivity index (χ4v) is 2.61. The van der Waals surface area contributed by atoms with Crippen LogP contribution in [-0.4, -0.2) is 8.41 Å². The van der Waals surface area contributed by atoms with E-state index in [1.807, 2.05) is 0 Å². The highest BCUT2D eigenvalue weighted by molar-refractivity contribution is 5.75. The molecule has 0 heterocycles. The molecule has 0 aromatic rings. The zero-order chi connectivity index (χ0) is 7.35. The maximum Gasteiger partial charge on any atom is 0 e. The predicted molar refractivity (Wildman–Crippen MR) is 49.6 cm³/mol. The van der Waals surface area contributed by atoms with Crippen molar-refractivity contribution in [3.8, 4) is 0 Å². The van der Waals surface area contributed by atoms with Crippen molar-refractivity contribution in [1.29, 1.82) is 0 Å². The number of hydrogen-bond donors (Lipinski definition) is 0. The standard InChI is InChI=1S/C10H16.B/c1-7-4-5-8-6-9(7)10(8,2)3;/h8H,4-6H2,1-3H3;. The molecular formula is C10H16B. The van der Waals surface area contributed by atoms with Crippen LogP contribution in [0, 0.1) is 11.3 Å². The van der Waals surface area contributed by atoms with Crippen molar-refractivity contribution in [1.82, 2.24) is 0 Å². The van der Waals surface area contributed by atoms with Gasteiger partial charge in [-0.2, -0.15) is 0 Å². The van der Waals surface area contributed by atoms with Gasteiger partial charge in [-0.25, -0.2) is 0 Å². The quantitative estimate of drug-likeness (QED) is 0.365. The molecule has 1 atom stereocenters. The summed E-state index contributed by atoms with van der Waals surface area (Å²) in [5, 5.41) is 0. The Labute approximate surface area is 71.6 Å². The molecule has 0 aliphatic heterocycles. The van der Waals surface area contributed by atoms with E-state index in [9.17, 15) is 0 Å². The predicted octanol–water partition coefficient (Wildman–Crippen LogP) is 2.76. The Morgan fingerprint density at radius 1 is 1.36 bits per heavy atom. The lowest BCUT2D eigenvalue weighted by Gasteiger charge is -2.52. The second-order valence-electron chi connectivity index (χ2n) is 4.42. The molecule has 0 aromatic heterocycles. The molecule has 1 fully saturated rings. The Bertz CT molecular complexity index is 201. The summed E-state index contributed by atoms with van der Waals surface area (Å²) in [4.78, 5) is 0. The van der Waals surface area contributed by atoms with E-state index in [2.05, 4.69) is 20.8 Å². The van der Waals surface area contributed by atoms with Gasteiger partial charge >= 0.3 is 0 Å². The summed E-state index contributed by atoms with van der Waals surface area (Å²) in [6, 6.07) is 0. The van der Waals surface area contributed by atoms with Crippen LogP contribution in [0.5, 0.6) is 0 Å². The van der Waals surface area contributed by atoms with E-state index in [1.165, 1.54) is 19.3 Å². The van der Waals surface area contributed by atoms with Gasteiger partial charge in [0, 0.05) is 8.41 Å². The summed E-state index contributed by atoms with van der Waals surface area (Å²) < 4.78 is 0. The lowest BCUT2D eigenvalue weighted by molar-refractivity contribution is 0.133. The molecule has 0 nitrogen and oxygen atoms in total. The highest BCUT2D eigenvalue weighted by Crippen LogP contribution is 2.58. The van der Waals surface area contributed by atoms with Crippen molar-refractivity contribution in [3.63, 3.8) is 0 Å². The molecule has 3 radical (unpaired) electrons. The van der Waals surface area contributed by atoms with E-state index in [0.717, 1.165) is 5.92 Å². The van der Waals surface area contributed by atoms with Crippen LogP contribution in [-0.2, 0) is 0 Å². The average molecular weight is 147 g/mol. The Balaban J connectivity index is 0.000000605. The van der Waals surface area contributed by atoms with Crippen LogP contribution in [0.3, 0.4) is 0 Å². The van der Waals surface area contributed by atoms with Gasteiger partial charge in [0.15, 0.2) is 0 Å². The highest BCUT2D eigenvalue weighted by atomic mass is 14.5. The smallest absolute Gasteiger partial charge is 0 e. The first kappa shape index (κ1) is 8.90. The van der Waals surface area contributed by atoms with Crippen LogP contribution >= 0.6 is 0 Å². The number of hydrogen-bond acceptors (Lipinski definition) is 0. The summed E-state index contributed by atoms with van der Waals surface area (Å²) in [6.07, 6.45) is 4.24. The van der Waals surface area contributed by atoms with Gasteiger partial charge in [0.1, 0.15) is 0 Å². The molecule has 0 spiro atoms. The van der Waals surface area contributed by atoms with Gasteiger partial charge < -0.3 is 0 Å². The van der Waals surface area contributed by atoms with Crippen molar-refractivity contribution in [2.24, 2.45) is 11.3 Å². The zero-order valence-electron chi connectivity index (χ0n) is 7.78. The van der Waals surface area contributed by atoms with Crippen molar-refractivity contribution in [3.05, 3.63) is 11.1 Å². The van der Waals surface area contributed by atoms with Crippen molar-refractivity contribution < 1.29 is 0 Å². The monoisotopic (exact) mass is 147 g/mol. The SMILES string of the molecule is CC1=C2CC(CC1)C2(C)C.[B]. The Morgan fingerprint density at radius 3 is 2.27 bits per heavy atom. The van der Waals surface area contributed by atoms with Gasteiger partial charge in [0.25, 0.3) is 0 Å². The van der Waals surface area contributed by atoms with Crippen LogP contribution in [0.15, 0.2) is 11.1 Å². The molecule has 0 saturated heterocycles. The third-order valence-corrected chi connectivity index (χ3v) is 3.63. The van der Waals surface area contributed by atoms with E-state index in [-0.39, 0.29) is 8.41 Å². The molecule has 0 amide bonds. The number of rotatable bonds is 0. The van der Waals surface area contributed by atoms with Crippen LogP contribution in [0.2, 0.25) is 0 Å². The van der Waals surface area contributed by atoms with Gasteiger partial charge in [0.05, 0.1) is 0 Å². The fraction of sp³-hybridized carbons (Fsp3) is 0.800. The van der Waals surface area contributed by atoms with Gasteiger partial charge in [0.2, 0.25) is 0 Å². The lowest BCUT2D eigenvalue weighted by atomic mass is 9.52. The molecule has 3 aliphatic rings. The first-order chi connectivity index (χ1) is 4.62. The summed E-state index contributed by atoms with van der Waals surface area (Å²) in [6.45, 7) is 7.12. The normalized spacial score (nSPS) is 32.5. The first-order valence-corrected chi connectivity index (χ1v) is 4.31. The molecular weight excluding hydrogens is 131 g/mol. The van der Waals surface area contributed by atoms with E-state index >= 15 is 0 Å². The van der Waals surface area contributed by atoms with Crippen LogP contribution in [0.1, 0.15) is 40.0 Å². The molecule has 1 unspecified atom stereocenters. The molecule has 0 aromatic carbocycles. The minimum atomic E-state index is 0. The number of allylic oxidation sites excluding steroid dienone is 2. The highest BCUT2D eigenvalue weighted by Gasteiger charge is 2.46. The summed E-state index contributed by atoms with van der Waals surface area (Å²) >= 11 is 0. The molecule has 1 saturated carbocycles. The van der Waals surface area contributed by atoms with E-state index in [4.69, 9.17) is 0 Å². The van der Waals surface area contributed by atoms with Crippen molar-refractivity contribution in [2.45, 2.75) is 40.0 Å². The fourth-order valence-electron chi connectivity index (χ4n) is 2.61. The van der Waals surface area contributed by atoms with Gasteiger partial charge in [-0.1, -0.05) is 25.0 Å². The van der Waals surface area contributed by atoms with Crippen LogP contribution in [0.4, 0.5) is 0 Å². The van der Waals surface area contributed by atoms with Gasteiger partial charge in [-0.15, -0.1) is 0 Å². The van der Waals surface area contributed by atoms with E-state index < -0.39 is 0 Å². The van der Waals surface area contributed by atoms with Crippen molar-refractivity contribution >= 4 is 8.41 Å². The topological polar surface area (TPSA) is 0 Å². The first-order valence-electron chi connectivity index (χ1n) is 4.31. The Hall–Kier alpha value is -0.195. The summed E-state index contributed by atoms with van der Waals surface area (Å²) in [5.41, 5.74) is 4.04. The Kier molecular flexibility index (Phi) is 1.94. The Morgan fingerprint density at radius 2 is 2.00 bits per heavy atom. The van der Waals surface area contributed by atoms with Crippen molar-refractivity contribution in [2.75, 3.05) is 0 Å². The van der Waals surface area contributed by atoms with Gasteiger partial charge in [-0.05, 0) is 37.5 Å². The average Bonchev–Trinajstić information content (AvgIpc) is 1.87. The third kappa shape index (κ3) is 0.971. The summed E-state index contributed by atoms with van der Waals surface area (Å²) in [7, 11) is 0. The molecule has 0 N–H and O–H groups in total. The van der Waals surface area contributed by atoms with E-state index in [0.29, 0.717) is 5.41 Å². The molecule has 2 bridgehead atoms. The van der Waals surface area contributed by atoms with Crippen LogP contribution in [0.25, 0.3) is 0 Å². The van der Waals surface area contributed by atoms with Gasteiger partial charge in [-0.3, -0.25) is 0 Å². The maximum absolute atomic E-state index is 2.40. The second-order valence-corrected chi connectivity index (χ2v) is 4.42. The zero-order valence-corrected chi connectivity index (χ0v) is 7.78. The van der Waals surface area contributed by atoms with Crippen LogP contribution < -0.4 is 0 Å². The largest absolute Gasteiger partial charge is 0.0735 e. The third-order valence-electron chi connectivity index (χ3n) is 3.63. The molecule has 3 rings (SSSR count). The minimum absolute atomic E-state index is 0. The maximum atomic E-state index is 2.40. The molecule has 11 heavy (non-hydrogen) atoms. The second kappa shape index (κ2) is 2.40. The minimum Gasteiger partial charge on any atom is -0.0735 e. The lowest BCUT2D eigenvalue weighted by Crippen LogP contribution is -2.41.